The number of carbonyl (C=O) groups is 1. The van der Waals surface area contributed by atoms with Crippen molar-refractivity contribution in [2.45, 2.75) is 19.9 Å². The van der Waals surface area contributed by atoms with Gasteiger partial charge in [-0.15, -0.1) is 0 Å². The van der Waals surface area contributed by atoms with Crippen LogP contribution in [0.2, 0.25) is 0 Å². The van der Waals surface area contributed by atoms with Crippen molar-refractivity contribution in [3.05, 3.63) is 42.0 Å². The molecule has 0 amide bonds. The van der Waals surface area contributed by atoms with Crippen LogP contribution in [0.15, 0.2) is 30.6 Å². The third kappa shape index (κ3) is 2.52. The fourth-order valence-electron chi connectivity index (χ4n) is 2.13. The average molecular weight is 274 g/mol. The van der Waals surface area contributed by atoms with E-state index in [2.05, 4.69) is 11.9 Å². The van der Waals surface area contributed by atoms with Gasteiger partial charge in [0, 0.05) is 18.9 Å². The molecular weight excluding hydrogens is 256 g/mol. The van der Waals surface area contributed by atoms with Crippen molar-refractivity contribution in [2.24, 2.45) is 0 Å². The molecule has 0 aliphatic carbocycles. The summed E-state index contributed by atoms with van der Waals surface area (Å²) in [5, 5.41) is 0. The van der Waals surface area contributed by atoms with Gasteiger partial charge in [-0.05, 0) is 18.6 Å². The molecule has 0 spiro atoms. The second-order valence-electron chi connectivity index (χ2n) is 4.31. The van der Waals surface area contributed by atoms with Crippen molar-refractivity contribution in [1.29, 1.82) is 0 Å². The van der Waals surface area contributed by atoms with E-state index in [-0.39, 0.29) is 5.78 Å². The predicted molar refractivity (Wildman–Crippen MR) is 75.5 cm³/mol. The summed E-state index contributed by atoms with van der Waals surface area (Å²) in [6.45, 7) is 2.80. The highest BCUT2D eigenvalue weighted by Gasteiger charge is 2.23. The standard InChI is InChI=1S/C15H18N2O3/c1-4-9-17-10-8-16-15(17)14(18)13-11(19-2)6-5-7-12(13)20-3/h5-8,10H,4,9H2,1-3H3. The minimum Gasteiger partial charge on any atom is -0.496 e. The number of ether oxygens (including phenoxy) is 2. The molecule has 20 heavy (non-hydrogen) atoms. The number of benzene rings is 1. The number of aromatic nitrogens is 2. The molecule has 1 heterocycles. The molecule has 0 aliphatic rings. The van der Waals surface area contributed by atoms with Crippen LogP contribution in [-0.4, -0.2) is 29.6 Å². The zero-order valence-electron chi connectivity index (χ0n) is 11.9. The van der Waals surface area contributed by atoms with Crippen LogP contribution < -0.4 is 9.47 Å². The lowest BCUT2D eigenvalue weighted by atomic mass is 10.1. The molecule has 0 atom stereocenters. The quantitative estimate of drug-likeness (QED) is 0.760. The van der Waals surface area contributed by atoms with Gasteiger partial charge in [0.25, 0.3) is 0 Å². The van der Waals surface area contributed by atoms with E-state index in [9.17, 15) is 4.79 Å². The third-order valence-corrected chi connectivity index (χ3v) is 3.04. The molecule has 106 valence electrons. The van der Waals surface area contributed by atoms with E-state index < -0.39 is 0 Å². The summed E-state index contributed by atoms with van der Waals surface area (Å²) in [4.78, 5) is 16.9. The highest BCUT2D eigenvalue weighted by Crippen LogP contribution is 2.30. The molecule has 0 bridgehead atoms. The van der Waals surface area contributed by atoms with Crippen LogP contribution in [0.1, 0.15) is 29.5 Å². The molecule has 2 aromatic rings. The van der Waals surface area contributed by atoms with E-state index in [1.165, 1.54) is 14.2 Å². The molecule has 0 fully saturated rings. The van der Waals surface area contributed by atoms with Gasteiger partial charge in [-0.3, -0.25) is 4.79 Å². The molecule has 5 heteroatoms. The van der Waals surface area contributed by atoms with E-state index in [0.29, 0.717) is 22.9 Å². The number of hydrogen-bond donors (Lipinski definition) is 0. The average Bonchev–Trinajstić information content (AvgIpc) is 2.94. The van der Waals surface area contributed by atoms with Gasteiger partial charge < -0.3 is 14.0 Å². The van der Waals surface area contributed by atoms with Crippen LogP contribution in [0.25, 0.3) is 0 Å². The second kappa shape index (κ2) is 6.23. The predicted octanol–water partition coefficient (Wildman–Crippen LogP) is 2.54. The molecule has 1 aromatic carbocycles. The van der Waals surface area contributed by atoms with Crippen molar-refractivity contribution >= 4 is 5.78 Å². The molecular formula is C15H18N2O3. The lowest BCUT2D eigenvalue weighted by molar-refractivity contribution is 0.101. The summed E-state index contributed by atoms with van der Waals surface area (Å²) in [6, 6.07) is 5.26. The Balaban J connectivity index is 2.50. The Morgan fingerprint density at radius 2 is 1.90 bits per heavy atom. The van der Waals surface area contributed by atoms with Crippen molar-refractivity contribution in [2.75, 3.05) is 14.2 Å². The second-order valence-corrected chi connectivity index (χ2v) is 4.31. The maximum Gasteiger partial charge on any atom is 0.235 e. The fraction of sp³-hybridized carbons (Fsp3) is 0.333. The Kier molecular flexibility index (Phi) is 4.40. The number of rotatable bonds is 6. The van der Waals surface area contributed by atoms with Gasteiger partial charge in [0.05, 0.1) is 14.2 Å². The topological polar surface area (TPSA) is 53.4 Å². The van der Waals surface area contributed by atoms with Crippen LogP contribution in [-0.2, 0) is 6.54 Å². The Morgan fingerprint density at radius 1 is 1.25 bits per heavy atom. The maximum atomic E-state index is 12.7. The van der Waals surface area contributed by atoms with Crippen LogP contribution in [0.5, 0.6) is 11.5 Å². The lowest BCUT2D eigenvalue weighted by Gasteiger charge is -2.12. The minimum absolute atomic E-state index is 0.197. The van der Waals surface area contributed by atoms with Crippen LogP contribution in [0.4, 0.5) is 0 Å². The highest BCUT2D eigenvalue weighted by atomic mass is 16.5. The lowest BCUT2D eigenvalue weighted by Crippen LogP contribution is -2.13. The van der Waals surface area contributed by atoms with Crippen LogP contribution in [0, 0.1) is 0 Å². The number of nitrogens with zero attached hydrogens (tertiary/aromatic N) is 2. The molecule has 1 aromatic heterocycles. The zero-order valence-corrected chi connectivity index (χ0v) is 11.9. The summed E-state index contributed by atoms with van der Waals surface area (Å²) in [5.41, 5.74) is 0.404. The summed E-state index contributed by atoms with van der Waals surface area (Å²) >= 11 is 0. The van der Waals surface area contributed by atoms with E-state index in [1.54, 1.807) is 30.6 Å². The van der Waals surface area contributed by atoms with Gasteiger partial charge in [-0.1, -0.05) is 13.0 Å². The normalized spacial score (nSPS) is 10.3. The van der Waals surface area contributed by atoms with Gasteiger partial charge in [0.2, 0.25) is 5.78 Å². The van der Waals surface area contributed by atoms with Crippen LogP contribution >= 0.6 is 0 Å². The summed E-state index contributed by atoms with van der Waals surface area (Å²) in [6.07, 6.45) is 4.36. The molecule has 0 N–H and O–H groups in total. The number of methoxy groups -OCH3 is 2. The molecule has 0 unspecified atom stereocenters. The maximum absolute atomic E-state index is 12.7. The van der Waals surface area contributed by atoms with Crippen LogP contribution in [0.3, 0.4) is 0 Å². The van der Waals surface area contributed by atoms with E-state index in [4.69, 9.17) is 9.47 Å². The Bertz CT molecular complexity index is 583. The minimum atomic E-state index is -0.197. The van der Waals surface area contributed by atoms with Gasteiger partial charge >= 0.3 is 0 Å². The third-order valence-electron chi connectivity index (χ3n) is 3.04. The van der Waals surface area contributed by atoms with Gasteiger partial charge in [0.1, 0.15) is 17.1 Å². The van der Waals surface area contributed by atoms with Crippen molar-refractivity contribution in [3.63, 3.8) is 0 Å². The summed E-state index contributed by atoms with van der Waals surface area (Å²) in [7, 11) is 3.06. The number of aryl methyl sites for hydroxylation is 1. The monoisotopic (exact) mass is 274 g/mol. The Labute approximate surface area is 118 Å². The van der Waals surface area contributed by atoms with E-state index in [0.717, 1.165) is 13.0 Å². The van der Waals surface area contributed by atoms with Crippen molar-refractivity contribution < 1.29 is 14.3 Å². The zero-order chi connectivity index (χ0) is 14.5. The molecule has 0 radical (unpaired) electrons. The van der Waals surface area contributed by atoms with Crippen molar-refractivity contribution in [1.82, 2.24) is 9.55 Å². The molecule has 0 aliphatic heterocycles. The number of carbonyl (C=O) groups excluding carboxylic acids is 1. The van der Waals surface area contributed by atoms with Gasteiger partial charge in [-0.25, -0.2) is 4.98 Å². The molecule has 0 saturated heterocycles. The van der Waals surface area contributed by atoms with Gasteiger partial charge in [-0.2, -0.15) is 0 Å². The number of hydrogen-bond acceptors (Lipinski definition) is 4. The largest absolute Gasteiger partial charge is 0.496 e. The number of ketones is 1. The van der Waals surface area contributed by atoms with Crippen molar-refractivity contribution in [3.8, 4) is 11.5 Å². The first kappa shape index (κ1) is 14.1. The summed E-state index contributed by atoms with van der Waals surface area (Å²) < 4.78 is 12.4. The molecule has 0 saturated carbocycles. The number of imidazole rings is 1. The van der Waals surface area contributed by atoms with E-state index in [1.807, 2.05) is 4.57 Å². The molecule has 2 rings (SSSR count). The smallest absolute Gasteiger partial charge is 0.235 e. The summed E-state index contributed by atoms with van der Waals surface area (Å²) in [5.74, 6) is 1.17. The fourth-order valence-corrected chi connectivity index (χ4v) is 2.13. The van der Waals surface area contributed by atoms with Gasteiger partial charge in [0.15, 0.2) is 5.82 Å². The first-order valence-corrected chi connectivity index (χ1v) is 6.49. The Morgan fingerprint density at radius 3 is 2.45 bits per heavy atom. The van der Waals surface area contributed by atoms with E-state index >= 15 is 0 Å². The molecule has 5 nitrogen and oxygen atoms in total. The first-order chi connectivity index (χ1) is 9.72. The SMILES string of the molecule is CCCn1ccnc1C(=O)c1c(OC)cccc1OC. The Hall–Kier alpha value is -2.30. The highest BCUT2D eigenvalue weighted by molar-refractivity contribution is 6.10. The first-order valence-electron chi connectivity index (χ1n) is 6.49.